The number of carbonyl (C=O) groups excluding carboxylic acids is 1. The monoisotopic (exact) mass is 372 g/mol. The number of hydrogen-bond acceptors (Lipinski definition) is 5. The van der Waals surface area contributed by atoms with Crippen LogP contribution in [0.5, 0.6) is 5.75 Å². The fourth-order valence-electron chi connectivity index (χ4n) is 3.06. The number of carbonyl (C=O) groups is 1. The van der Waals surface area contributed by atoms with Crippen LogP contribution in [-0.2, 0) is 4.79 Å². The molecule has 0 atom stereocenters. The molecule has 1 fully saturated rings. The second-order valence-corrected chi connectivity index (χ2v) is 6.30. The number of ether oxygens (including phenoxy) is 1. The molecule has 6 nitrogen and oxygen atoms in total. The number of anilines is 1. The molecule has 0 unspecified atom stereocenters. The largest absolute Gasteiger partial charge is 0.479 e. The average Bonchev–Trinajstić information content (AvgIpc) is 2.77. The van der Waals surface area contributed by atoms with Gasteiger partial charge >= 0.3 is 0 Å². The first-order valence-electron chi connectivity index (χ1n) is 9.02. The number of nitriles is 2. The Labute approximate surface area is 164 Å². The van der Waals surface area contributed by atoms with Crippen molar-refractivity contribution < 1.29 is 9.53 Å². The van der Waals surface area contributed by atoms with Gasteiger partial charge in [-0.2, -0.15) is 10.5 Å². The number of amides is 1. The van der Waals surface area contributed by atoms with Crippen molar-refractivity contribution in [1.29, 1.82) is 10.5 Å². The molecular formula is C22H20N4O2. The highest BCUT2D eigenvalue weighted by Gasteiger charge is 2.23. The molecule has 0 aliphatic carbocycles. The van der Waals surface area contributed by atoms with Gasteiger partial charge in [0.1, 0.15) is 23.5 Å². The van der Waals surface area contributed by atoms with E-state index in [0.29, 0.717) is 18.8 Å². The summed E-state index contributed by atoms with van der Waals surface area (Å²) >= 11 is 0. The van der Waals surface area contributed by atoms with Gasteiger partial charge in [0.15, 0.2) is 6.61 Å². The highest BCUT2D eigenvalue weighted by atomic mass is 16.5. The van der Waals surface area contributed by atoms with Crippen molar-refractivity contribution in [3.05, 3.63) is 65.7 Å². The van der Waals surface area contributed by atoms with Crippen LogP contribution in [0.4, 0.5) is 5.69 Å². The van der Waals surface area contributed by atoms with Crippen LogP contribution in [0.25, 0.3) is 6.08 Å². The summed E-state index contributed by atoms with van der Waals surface area (Å²) in [5.41, 5.74) is 1.99. The fourth-order valence-corrected chi connectivity index (χ4v) is 3.06. The average molecular weight is 372 g/mol. The lowest BCUT2D eigenvalue weighted by atomic mass is 10.1. The van der Waals surface area contributed by atoms with E-state index in [2.05, 4.69) is 17.0 Å². The van der Waals surface area contributed by atoms with Crippen LogP contribution in [0.15, 0.2) is 60.2 Å². The zero-order valence-corrected chi connectivity index (χ0v) is 15.4. The molecule has 2 aromatic carbocycles. The lowest BCUT2D eigenvalue weighted by Gasteiger charge is -2.36. The summed E-state index contributed by atoms with van der Waals surface area (Å²) in [4.78, 5) is 16.7. The second-order valence-electron chi connectivity index (χ2n) is 6.30. The number of nitrogens with zero attached hydrogens (tertiary/aromatic N) is 4. The predicted molar refractivity (Wildman–Crippen MR) is 106 cm³/mol. The summed E-state index contributed by atoms with van der Waals surface area (Å²) < 4.78 is 5.20. The fraction of sp³-hybridized carbons (Fsp3) is 0.227. The van der Waals surface area contributed by atoms with E-state index in [1.54, 1.807) is 35.2 Å². The van der Waals surface area contributed by atoms with Crippen LogP contribution in [0, 0.1) is 22.7 Å². The van der Waals surface area contributed by atoms with Crippen molar-refractivity contribution in [2.75, 3.05) is 37.7 Å². The summed E-state index contributed by atoms with van der Waals surface area (Å²) in [6.45, 7) is 2.60. The van der Waals surface area contributed by atoms with Gasteiger partial charge in [-0.15, -0.1) is 0 Å². The van der Waals surface area contributed by atoms with Gasteiger partial charge in [-0.1, -0.05) is 30.3 Å². The van der Waals surface area contributed by atoms with Crippen molar-refractivity contribution in [2.45, 2.75) is 0 Å². The number of hydrogen-bond donors (Lipinski definition) is 0. The van der Waals surface area contributed by atoms with Crippen LogP contribution < -0.4 is 9.64 Å². The minimum absolute atomic E-state index is 0.0217. The highest BCUT2D eigenvalue weighted by Crippen LogP contribution is 2.18. The summed E-state index contributed by atoms with van der Waals surface area (Å²) in [5.74, 6) is 0.320. The topological polar surface area (TPSA) is 80.4 Å². The first kappa shape index (κ1) is 19.0. The minimum atomic E-state index is -0.250. The first-order chi connectivity index (χ1) is 13.7. The second kappa shape index (κ2) is 9.25. The van der Waals surface area contributed by atoms with Crippen molar-refractivity contribution >= 4 is 17.7 Å². The molecule has 140 valence electrons. The van der Waals surface area contributed by atoms with Gasteiger partial charge in [-0.05, 0) is 35.9 Å². The molecule has 3 rings (SSSR count). The van der Waals surface area contributed by atoms with E-state index in [1.807, 2.05) is 30.3 Å². The number of para-hydroxylation sites is 1. The predicted octanol–water partition coefficient (Wildman–Crippen LogP) is 2.84. The molecule has 0 bridgehead atoms. The molecule has 28 heavy (non-hydrogen) atoms. The number of benzene rings is 2. The van der Waals surface area contributed by atoms with Crippen molar-refractivity contribution in [1.82, 2.24) is 4.90 Å². The third-order valence-corrected chi connectivity index (χ3v) is 4.53. The molecule has 1 saturated heterocycles. The van der Waals surface area contributed by atoms with Crippen LogP contribution in [0.2, 0.25) is 0 Å². The van der Waals surface area contributed by atoms with Gasteiger partial charge in [0, 0.05) is 31.9 Å². The SMILES string of the molecule is N#CCOc1ccc(/C=C(/C#N)C(=O)N2CCN(c3ccccc3)CC2)cc1. The zero-order valence-electron chi connectivity index (χ0n) is 15.4. The highest BCUT2D eigenvalue weighted by molar-refractivity contribution is 6.01. The van der Waals surface area contributed by atoms with E-state index in [4.69, 9.17) is 10.00 Å². The lowest BCUT2D eigenvalue weighted by molar-refractivity contribution is -0.126. The van der Waals surface area contributed by atoms with E-state index in [1.165, 1.54) is 0 Å². The molecule has 2 aromatic rings. The molecule has 1 aliphatic heterocycles. The van der Waals surface area contributed by atoms with Crippen molar-refractivity contribution in [3.8, 4) is 17.9 Å². The molecule has 1 heterocycles. The van der Waals surface area contributed by atoms with Gasteiger partial charge in [0.2, 0.25) is 0 Å². The standard InChI is InChI=1S/C22H20N4O2/c23-10-15-28-21-8-6-18(7-9-21)16-19(17-24)22(27)26-13-11-25(12-14-26)20-4-2-1-3-5-20/h1-9,16H,11-15H2/b19-16-. The number of piperazine rings is 1. The molecule has 1 aliphatic rings. The van der Waals surface area contributed by atoms with Crippen molar-refractivity contribution in [3.63, 3.8) is 0 Å². The normalized spacial score (nSPS) is 14.1. The van der Waals surface area contributed by atoms with Crippen molar-refractivity contribution in [2.24, 2.45) is 0 Å². The van der Waals surface area contributed by atoms with E-state index in [0.717, 1.165) is 24.3 Å². The Morgan fingerprint density at radius 2 is 1.68 bits per heavy atom. The Bertz CT molecular complexity index is 916. The molecule has 1 amide bonds. The van der Waals surface area contributed by atoms with E-state index in [9.17, 15) is 10.1 Å². The van der Waals surface area contributed by atoms with Crippen LogP contribution in [-0.4, -0.2) is 43.6 Å². The molecule has 0 aromatic heterocycles. The minimum Gasteiger partial charge on any atom is -0.479 e. The quantitative estimate of drug-likeness (QED) is 0.595. The first-order valence-corrected chi connectivity index (χ1v) is 9.02. The molecule has 6 heteroatoms. The maximum absolute atomic E-state index is 12.7. The summed E-state index contributed by atoms with van der Waals surface area (Å²) in [5, 5.41) is 18.0. The van der Waals surface area contributed by atoms with Crippen LogP contribution in [0.3, 0.4) is 0 Å². The van der Waals surface area contributed by atoms with Gasteiger partial charge < -0.3 is 14.5 Å². The molecule has 0 spiro atoms. The van der Waals surface area contributed by atoms with Crippen LogP contribution in [0.1, 0.15) is 5.56 Å². The Hall–Kier alpha value is -3.77. The molecule has 0 radical (unpaired) electrons. The van der Waals surface area contributed by atoms with Gasteiger partial charge in [-0.3, -0.25) is 4.79 Å². The smallest absolute Gasteiger partial charge is 0.264 e. The Balaban J connectivity index is 1.63. The summed E-state index contributed by atoms with van der Waals surface area (Å²) in [6.07, 6.45) is 1.58. The summed E-state index contributed by atoms with van der Waals surface area (Å²) in [6, 6.07) is 21.0. The third kappa shape index (κ3) is 4.69. The molecule has 0 N–H and O–H groups in total. The van der Waals surface area contributed by atoms with Gasteiger partial charge in [0.05, 0.1) is 0 Å². The van der Waals surface area contributed by atoms with E-state index in [-0.39, 0.29) is 18.1 Å². The van der Waals surface area contributed by atoms with E-state index >= 15 is 0 Å². The Morgan fingerprint density at radius 3 is 2.29 bits per heavy atom. The maximum Gasteiger partial charge on any atom is 0.264 e. The third-order valence-electron chi connectivity index (χ3n) is 4.53. The molecule has 0 saturated carbocycles. The van der Waals surface area contributed by atoms with Gasteiger partial charge in [-0.25, -0.2) is 0 Å². The molecular weight excluding hydrogens is 352 g/mol. The Kier molecular flexibility index (Phi) is 6.28. The van der Waals surface area contributed by atoms with Crippen LogP contribution >= 0.6 is 0 Å². The lowest BCUT2D eigenvalue weighted by Crippen LogP contribution is -2.49. The maximum atomic E-state index is 12.7. The summed E-state index contributed by atoms with van der Waals surface area (Å²) in [7, 11) is 0. The van der Waals surface area contributed by atoms with E-state index < -0.39 is 0 Å². The Morgan fingerprint density at radius 1 is 1.00 bits per heavy atom. The number of rotatable bonds is 5. The zero-order chi connectivity index (χ0) is 19.8. The van der Waals surface area contributed by atoms with Gasteiger partial charge in [0.25, 0.3) is 5.91 Å².